The number of carboxylic acids is 1. The van der Waals surface area contributed by atoms with Crippen LogP contribution in [0.2, 0.25) is 0 Å². The Morgan fingerprint density at radius 2 is 1.57 bits per heavy atom. The number of carbonyl (C=O) groups is 1. The molecule has 0 spiro atoms. The molecule has 0 bridgehead atoms. The van der Waals surface area contributed by atoms with Gasteiger partial charge >= 0.3 is 5.97 Å². The van der Waals surface area contributed by atoms with Crippen molar-refractivity contribution in [1.29, 1.82) is 0 Å². The molecule has 4 nitrogen and oxygen atoms in total. The van der Waals surface area contributed by atoms with E-state index in [0.717, 1.165) is 21.8 Å². The van der Waals surface area contributed by atoms with Gasteiger partial charge in [-0.25, -0.2) is 4.79 Å². The number of rotatable bonds is 3. The molecule has 2 N–H and O–H groups in total. The number of para-hydroxylation sites is 1. The van der Waals surface area contributed by atoms with Crippen LogP contribution in [0.15, 0.2) is 71.1 Å². The molecule has 0 aliphatic heterocycles. The van der Waals surface area contributed by atoms with Crippen LogP contribution in [-0.4, -0.2) is 11.1 Å². The lowest BCUT2D eigenvalue weighted by atomic mass is 10.1. The van der Waals surface area contributed by atoms with E-state index in [2.05, 4.69) is 5.32 Å². The molecular formula is C19H13NO3. The molecule has 23 heavy (non-hydrogen) atoms. The first-order valence-corrected chi connectivity index (χ1v) is 7.23. The van der Waals surface area contributed by atoms with E-state index >= 15 is 0 Å². The Hall–Kier alpha value is -3.27. The van der Waals surface area contributed by atoms with Crippen LogP contribution >= 0.6 is 0 Å². The molecule has 1 aromatic heterocycles. The Kier molecular flexibility index (Phi) is 3.01. The number of benzene rings is 3. The molecule has 0 amide bonds. The van der Waals surface area contributed by atoms with Gasteiger partial charge in [0.2, 0.25) is 5.76 Å². The zero-order valence-electron chi connectivity index (χ0n) is 12.1. The van der Waals surface area contributed by atoms with Gasteiger partial charge in [-0.1, -0.05) is 48.5 Å². The average molecular weight is 303 g/mol. The molecule has 0 aliphatic carbocycles. The van der Waals surface area contributed by atoms with Crippen LogP contribution in [-0.2, 0) is 0 Å². The van der Waals surface area contributed by atoms with Crippen LogP contribution in [0.4, 0.5) is 11.4 Å². The Labute approximate surface area is 132 Å². The van der Waals surface area contributed by atoms with Gasteiger partial charge in [-0.2, -0.15) is 0 Å². The highest BCUT2D eigenvalue weighted by molar-refractivity contribution is 6.06. The average Bonchev–Trinajstić information content (AvgIpc) is 2.94. The molecule has 0 fully saturated rings. The summed E-state index contributed by atoms with van der Waals surface area (Å²) in [4.78, 5) is 11.5. The zero-order valence-corrected chi connectivity index (χ0v) is 12.1. The monoisotopic (exact) mass is 303 g/mol. The van der Waals surface area contributed by atoms with Crippen molar-refractivity contribution in [3.63, 3.8) is 0 Å². The maximum atomic E-state index is 11.5. The van der Waals surface area contributed by atoms with Crippen LogP contribution < -0.4 is 5.32 Å². The molecule has 0 aliphatic rings. The second-order valence-corrected chi connectivity index (χ2v) is 5.26. The minimum absolute atomic E-state index is 0.0841. The van der Waals surface area contributed by atoms with Crippen molar-refractivity contribution < 1.29 is 14.3 Å². The lowest BCUT2D eigenvalue weighted by molar-refractivity contribution is 0.0666. The summed E-state index contributed by atoms with van der Waals surface area (Å²) in [5.74, 6) is -1.18. The Balaban J connectivity index is 1.92. The molecule has 1 heterocycles. The van der Waals surface area contributed by atoms with Gasteiger partial charge in [0.25, 0.3) is 0 Å². The lowest BCUT2D eigenvalue weighted by Gasteiger charge is -2.09. The van der Waals surface area contributed by atoms with Crippen molar-refractivity contribution in [2.75, 3.05) is 5.32 Å². The standard InChI is InChI=1S/C19H13NO3/c21-19(22)18-17(14-9-3-4-11-16(14)23-18)20-15-10-5-7-12-6-1-2-8-13(12)15/h1-11,20H,(H,21,22). The molecule has 4 rings (SSSR count). The first-order valence-electron chi connectivity index (χ1n) is 7.23. The second-order valence-electron chi connectivity index (χ2n) is 5.26. The molecule has 112 valence electrons. The van der Waals surface area contributed by atoms with E-state index in [1.165, 1.54) is 0 Å². The van der Waals surface area contributed by atoms with Crippen LogP contribution in [0, 0.1) is 0 Å². The summed E-state index contributed by atoms with van der Waals surface area (Å²) >= 11 is 0. The number of fused-ring (bicyclic) bond motifs is 2. The number of anilines is 2. The van der Waals surface area contributed by atoms with E-state index in [1.807, 2.05) is 60.7 Å². The second kappa shape index (κ2) is 5.18. The molecule has 0 radical (unpaired) electrons. The normalized spacial score (nSPS) is 11.0. The van der Waals surface area contributed by atoms with E-state index in [1.54, 1.807) is 6.07 Å². The predicted molar refractivity (Wildman–Crippen MR) is 90.4 cm³/mol. The van der Waals surface area contributed by atoms with E-state index in [0.29, 0.717) is 11.3 Å². The van der Waals surface area contributed by atoms with E-state index in [9.17, 15) is 9.90 Å². The Morgan fingerprint density at radius 3 is 2.39 bits per heavy atom. The molecule has 0 atom stereocenters. The van der Waals surface area contributed by atoms with Gasteiger partial charge in [0.1, 0.15) is 11.3 Å². The maximum Gasteiger partial charge on any atom is 0.374 e. The van der Waals surface area contributed by atoms with Gasteiger partial charge in [0, 0.05) is 16.5 Å². The highest BCUT2D eigenvalue weighted by Gasteiger charge is 2.20. The van der Waals surface area contributed by atoms with Gasteiger partial charge in [0.05, 0.1) is 0 Å². The summed E-state index contributed by atoms with van der Waals surface area (Å²) in [6, 6.07) is 21.1. The minimum Gasteiger partial charge on any atom is -0.475 e. The first-order chi connectivity index (χ1) is 11.2. The molecular weight excluding hydrogens is 290 g/mol. The quantitative estimate of drug-likeness (QED) is 0.557. The van der Waals surface area contributed by atoms with Crippen molar-refractivity contribution in [2.45, 2.75) is 0 Å². The molecule has 4 aromatic rings. The van der Waals surface area contributed by atoms with Crippen LogP contribution in [0.5, 0.6) is 0 Å². The van der Waals surface area contributed by atoms with Gasteiger partial charge < -0.3 is 14.8 Å². The highest BCUT2D eigenvalue weighted by Crippen LogP contribution is 2.35. The summed E-state index contributed by atoms with van der Waals surface area (Å²) < 4.78 is 5.48. The molecule has 0 saturated heterocycles. The van der Waals surface area contributed by atoms with Crippen molar-refractivity contribution in [1.82, 2.24) is 0 Å². The number of furan rings is 1. The highest BCUT2D eigenvalue weighted by atomic mass is 16.4. The summed E-state index contributed by atoms with van der Waals surface area (Å²) in [7, 11) is 0. The van der Waals surface area contributed by atoms with E-state index in [4.69, 9.17) is 4.42 Å². The topological polar surface area (TPSA) is 62.5 Å². The number of hydrogen-bond acceptors (Lipinski definition) is 3. The fraction of sp³-hybridized carbons (Fsp3) is 0. The smallest absolute Gasteiger partial charge is 0.374 e. The summed E-state index contributed by atoms with van der Waals surface area (Å²) in [5, 5.41) is 15.5. The van der Waals surface area contributed by atoms with Crippen molar-refractivity contribution in [2.24, 2.45) is 0 Å². The van der Waals surface area contributed by atoms with Gasteiger partial charge in [-0.3, -0.25) is 0 Å². The molecule has 0 unspecified atom stereocenters. The summed E-state index contributed by atoms with van der Waals surface area (Å²) in [5.41, 5.74) is 1.87. The van der Waals surface area contributed by atoms with Crippen molar-refractivity contribution >= 4 is 39.1 Å². The number of carboxylic acid groups (broad SMARTS) is 1. The number of nitrogens with one attached hydrogen (secondary N) is 1. The van der Waals surface area contributed by atoms with Gasteiger partial charge in [-0.15, -0.1) is 0 Å². The Bertz CT molecular complexity index is 1030. The molecule has 0 saturated carbocycles. The third kappa shape index (κ3) is 2.21. The predicted octanol–water partition coefficient (Wildman–Crippen LogP) is 5.03. The van der Waals surface area contributed by atoms with Crippen molar-refractivity contribution in [3.8, 4) is 0 Å². The number of hydrogen-bond donors (Lipinski definition) is 2. The Morgan fingerprint density at radius 1 is 0.870 bits per heavy atom. The van der Waals surface area contributed by atoms with Crippen LogP contribution in [0.25, 0.3) is 21.7 Å². The van der Waals surface area contributed by atoms with Gasteiger partial charge in [0.15, 0.2) is 0 Å². The van der Waals surface area contributed by atoms with Crippen molar-refractivity contribution in [3.05, 3.63) is 72.5 Å². The largest absolute Gasteiger partial charge is 0.475 e. The number of aromatic carboxylic acids is 1. The fourth-order valence-corrected chi connectivity index (χ4v) is 2.79. The molecule has 4 heteroatoms. The van der Waals surface area contributed by atoms with E-state index in [-0.39, 0.29) is 5.76 Å². The third-order valence-electron chi connectivity index (χ3n) is 3.84. The minimum atomic E-state index is -1.09. The lowest BCUT2D eigenvalue weighted by Crippen LogP contribution is -2.00. The third-order valence-corrected chi connectivity index (χ3v) is 3.84. The zero-order chi connectivity index (χ0) is 15.8. The first kappa shape index (κ1) is 13.4. The summed E-state index contributed by atoms with van der Waals surface area (Å²) in [6.07, 6.45) is 0. The van der Waals surface area contributed by atoms with Crippen LogP contribution in [0.1, 0.15) is 10.6 Å². The van der Waals surface area contributed by atoms with Gasteiger partial charge in [-0.05, 0) is 23.6 Å². The van der Waals surface area contributed by atoms with Crippen LogP contribution in [0.3, 0.4) is 0 Å². The fourth-order valence-electron chi connectivity index (χ4n) is 2.79. The maximum absolute atomic E-state index is 11.5. The molecule has 3 aromatic carbocycles. The van der Waals surface area contributed by atoms with E-state index < -0.39 is 5.97 Å². The SMILES string of the molecule is O=C(O)c1oc2ccccc2c1Nc1cccc2ccccc12. The summed E-state index contributed by atoms with van der Waals surface area (Å²) in [6.45, 7) is 0.